The number of hydrogen-bond donors (Lipinski definition) is 0. The Morgan fingerprint density at radius 2 is 0.898 bits per heavy atom. The van der Waals surface area contributed by atoms with Gasteiger partial charge in [-0.3, -0.25) is 0 Å². The van der Waals surface area contributed by atoms with Crippen molar-refractivity contribution in [1.29, 1.82) is 0 Å². The highest BCUT2D eigenvalue weighted by molar-refractivity contribution is 6.10. The summed E-state index contributed by atoms with van der Waals surface area (Å²) < 4.78 is 6.82. The number of benzene rings is 9. The summed E-state index contributed by atoms with van der Waals surface area (Å²) in [5, 5.41) is 2.22. The Hall–Kier alpha value is -7.42. The molecular weight excluding hydrogens is 715 g/mol. The van der Waals surface area contributed by atoms with E-state index in [4.69, 9.17) is 4.42 Å². The fraction of sp³-hybridized carbons (Fsp3) is 0.0526. The maximum atomic E-state index is 6.82. The Balaban J connectivity index is 1.14. The van der Waals surface area contributed by atoms with Crippen LogP contribution in [-0.2, 0) is 10.8 Å². The summed E-state index contributed by atoms with van der Waals surface area (Å²) >= 11 is 0. The second-order valence-electron chi connectivity index (χ2n) is 16.1. The maximum absolute atomic E-state index is 6.82. The van der Waals surface area contributed by atoms with Gasteiger partial charge in [0.05, 0.1) is 11.1 Å². The van der Waals surface area contributed by atoms with Crippen molar-refractivity contribution in [3.63, 3.8) is 0 Å². The van der Waals surface area contributed by atoms with Crippen LogP contribution in [0.15, 0.2) is 223 Å². The molecule has 1 atom stereocenters. The topological polar surface area (TPSA) is 16.4 Å². The Morgan fingerprint density at radius 1 is 0.373 bits per heavy atom. The van der Waals surface area contributed by atoms with E-state index < -0.39 is 5.41 Å². The van der Waals surface area contributed by atoms with Gasteiger partial charge in [-0.25, -0.2) is 0 Å². The highest BCUT2D eigenvalue weighted by Gasteiger charge is 2.46. The molecule has 10 aromatic rings. The number of rotatable bonds is 6. The van der Waals surface area contributed by atoms with Crippen molar-refractivity contribution in [3.05, 3.63) is 257 Å². The Morgan fingerprint density at radius 3 is 1.63 bits per heavy atom. The molecule has 2 aliphatic carbocycles. The van der Waals surface area contributed by atoms with Crippen LogP contribution in [0.2, 0.25) is 0 Å². The van der Waals surface area contributed by atoms with Crippen molar-refractivity contribution in [2.24, 2.45) is 0 Å². The fourth-order valence-corrected chi connectivity index (χ4v) is 10.6. The van der Waals surface area contributed by atoms with Crippen LogP contribution in [0.4, 0.5) is 17.1 Å². The van der Waals surface area contributed by atoms with Crippen molar-refractivity contribution in [1.82, 2.24) is 0 Å². The number of anilines is 3. The van der Waals surface area contributed by atoms with Crippen LogP contribution >= 0.6 is 0 Å². The SMILES string of the molecule is CC1(c2ccccc2)c2ccccc2-c2ccc(N(c3ccc4c(c3)-c3ccccc3C4(c3ccccc3)c3ccccc3)c3cccc4c3oc3ccccc34)cc21. The minimum absolute atomic E-state index is 0.345. The molecule has 2 heteroatoms. The third-order valence-electron chi connectivity index (χ3n) is 13.2. The van der Waals surface area contributed by atoms with Crippen LogP contribution in [0.3, 0.4) is 0 Å². The highest BCUT2D eigenvalue weighted by atomic mass is 16.3. The molecule has 2 nitrogen and oxygen atoms in total. The van der Waals surface area contributed by atoms with Crippen LogP contribution in [-0.4, -0.2) is 0 Å². The summed E-state index contributed by atoms with van der Waals surface area (Å²) in [4.78, 5) is 2.42. The Kier molecular flexibility index (Phi) is 7.31. The average molecular weight is 754 g/mol. The summed E-state index contributed by atoms with van der Waals surface area (Å²) in [7, 11) is 0. The van der Waals surface area contributed by atoms with E-state index in [9.17, 15) is 0 Å². The molecule has 9 aromatic carbocycles. The molecule has 1 aromatic heterocycles. The Labute approximate surface area is 344 Å². The van der Waals surface area contributed by atoms with Gasteiger partial charge in [0.15, 0.2) is 5.58 Å². The van der Waals surface area contributed by atoms with Gasteiger partial charge < -0.3 is 9.32 Å². The molecule has 0 N–H and O–H groups in total. The number of fused-ring (bicyclic) bond motifs is 9. The van der Waals surface area contributed by atoms with E-state index in [-0.39, 0.29) is 5.41 Å². The molecule has 1 unspecified atom stereocenters. The van der Waals surface area contributed by atoms with Crippen LogP contribution in [0.5, 0.6) is 0 Å². The van der Waals surface area contributed by atoms with Crippen LogP contribution in [0, 0.1) is 0 Å². The smallest absolute Gasteiger partial charge is 0.159 e. The summed E-state index contributed by atoms with van der Waals surface area (Å²) in [5.74, 6) is 0. The zero-order chi connectivity index (χ0) is 39.1. The van der Waals surface area contributed by atoms with Gasteiger partial charge in [-0.15, -0.1) is 0 Å². The maximum Gasteiger partial charge on any atom is 0.159 e. The molecule has 0 fully saturated rings. The van der Waals surface area contributed by atoms with E-state index in [1.165, 1.54) is 61.2 Å². The molecule has 0 bridgehead atoms. The van der Waals surface area contributed by atoms with Gasteiger partial charge >= 0.3 is 0 Å². The first-order valence-electron chi connectivity index (χ1n) is 20.5. The van der Waals surface area contributed by atoms with Crippen LogP contribution < -0.4 is 4.90 Å². The largest absolute Gasteiger partial charge is 0.454 e. The lowest BCUT2D eigenvalue weighted by molar-refractivity contribution is 0.669. The van der Waals surface area contributed by atoms with E-state index in [1.54, 1.807) is 0 Å². The van der Waals surface area contributed by atoms with Gasteiger partial charge in [-0.05, 0) is 105 Å². The standard InChI is InChI=1S/C57H39NO/c1-56(38-18-5-2-6-19-38)49-28-14-11-24-43(49)45-34-32-42(37-52(45)56)58(53-30-17-27-47-46-26-13-16-31-54(46)59-55(47)53)41-33-35-51-48(36-41)44-25-12-15-29-50(44)57(51,39-20-7-3-8-21-39)40-22-9-4-10-23-40/h2-37H,1H3. The Bertz CT molecular complexity index is 3200. The quantitative estimate of drug-likeness (QED) is 0.168. The molecular formula is C57H39NO. The normalized spacial score (nSPS) is 15.7. The first kappa shape index (κ1) is 33.7. The molecule has 0 aliphatic heterocycles. The number of nitrogens with zero attached hydrogens (tertiary/aromatic N) is 1. The van der Waals surface area contributed by atoms with Crippen molar-refractivity contribution in [2.75, 3.05) is 4.90 Å². The first-order chi connectivity index (χ1) is 29.2. The zero-order valence-corrected chi connectivity index (χ0v) is 32.6. The molecule has 278 valence electrons. The lowest BCUT2D eigenvalue weighted by atomic mass is 9.68. The molecule has 0 amide bonds. The zero-order valence-electron chi connectivity index (χ0n) is 32.6. The molecule has 59 heavy (non-hydrogen) atoms. The van der Waals surface area contributed by atoms with Gasteiger partial charge in [0.1, 0.15) is 5.58 Å². The van der Waals surface area contributed by atoms with Crippen molar-refractivity contribution >= 4 is 39.0 Å². The molecule has 0 radical (unpaired) electrons. The number of hydrogen-bond acceptors (Lipinski definition) is 2. The fourth-order valence-electron chi connectivity index (χ4n) is 10.6. The van der Waals surface area contributed by atoms with Crippen molar-refractivity contribution in [3.8, 4) is 22.3 Å². The molecule has 0 saturated heterocycles. The summed E-state index contributed by atoms with van der Waals surface area (Å²) in [6.07, 6.45) is 0. The van der Waals surface area contributed by atoms with Gasteiger partial charge in [0, 0.05) is 27.6 Å². The van der Waals surface area contributed by atoms with Crippen molar-refractivity contribution in [2.45, 2.75) is 17.8 Å². The predicted molar refractivity (Wildman–Crippen MR) is 243 cm³/mol. The van der Waals surface area contributed by atoms with Crippen molar-refractivity contribution < 1.29 is 4.42 Å². The number of furan rings is 1. The van der Waals surface area contributed by atoms with E-state index in [0.29, 0.717) is 0 Å². The van der Waals surface area contributed by atoms with Gasteiger partial charge in [-0.1, -0.05) is 182 Å². The molecule has 12 rings (SSSR count). The lowest BCUT2D eigenvalue weighted by Gasteiger charge is -2.34. The molecule has 0 spiro atoms. The summed E-state index contributed by atoms with van der Waals surface area (Å²) in [6.45, 7) is 2.39. The van der Waals surface area contributed by atoms with E-state index in [1.807, 2.05) is 0 Å². The second-order valence-corrected chi connectivity index (χ2v) is 16.1. The number of para-hydroxylation sites is 2. The third kappa shape index (κ3) is 4.69. The molecule has 0 saturated carbocycles. The summed E-state index contributed by atoms with van der Waals surface area (Å²) in [5.41, 5.74) is 18.1. The monoisotopic (exact) mass is 753 g/mol. The minimum atomic E-state index is -0.479. The second kappa shape index (κ2) is 12.8. The van der Waals surface area contributed by atoms with Gasteiger partial charge in [-0.2, -0.15) is 0 Å². The summed E-state index contributed by atoms with van der Waals surface area (Å²) in [6, 6.07) is 80.0. The van der Waals surface area contributed by atoms with E-state index >= 15 is 0 Å². The van der Waals surface area contributed by atoms with E-state index in [2.05, 4.69) is 230 Å². The van der Waals surface area contributed by atoms with Gasteiger partial charge in [0.25, 0.3) is 0 Å². The van der Waals surface area contributed by atoms with E-state index in [0.717, 1.165) is 39.0 Å². The third-order valence-corrected chi connectivity index (χ3v) is 13.2. The molecule has 1 heterocycles. The average Bonchev–Trinajstić information content (AvgIpc) is 3.93. The van der Waals surface area contributed by atoms with Gasteiger partial charge in [0.2, 0.25) is 0 Å². The van der Waals surface area contributed by atoms with Crippen LogP contribution in [0.1, 0.15) is 45.9 Å². The minimum Gasteiger partial charge on any atom is -0.454 e. The lowest BCUT2D eigenvalue weighted by Crippen LogP contribution is -2.28. The molecule has 2 aliphatic rings. The highest BCUT2D eigenvalue weighted by Crippen LogP contribution is 2.58. The predicted octanol–water partition coefficient (Wildman–Crippen LogP) is 14.8. The van der Waals surface area contributed by atoms with Crippen LogP contribution in [0.25, 0.3) is 44.2 Å². The first-order valence-corrected chi connectivity index (χ1v) is 20.5.